The smallest absolute Gasteiger partial charge is 0.0648 e. The van der Waals surface area contributed by atoms with Gasteiger partial charge in [0.2, 0.25) is 0 Å². The van der Waals surface area contributed by atoms with Crippen LogP contribution in [0.2, 0.25) is 0 Å². The Morgan fingerprint density at radius 2 is 2.18 bits per heavy atom. The van der Waals surface area contributed by atoms with Crippen molar-refractivity contribution in [3.05, 3.63) is 48.3 Å². The lowest BCUT2D eigenvalue weighted by atomic mass is 10.0. The summed E-state index contributed by atoms with van der Waals surface area (Å²) >= 11 is 0. The van der Waals surface area contributed by atoms with Crippen LogP contribution in [-0.4, -0.2) is 16.3 Å². The summed E-state index contributed by atoms with van der Waals surface area (Å²) in [6.45, 7) is 5.33. The van der Waals surface area contributed by atoms with Gasteiger partial charge in [-0.3, -0.25) is 0 Å². The summed E-state index contributed by atoms with van der Waals surface area (Å²) in [4.78, 5) is 0. The Hall–Kier alpha value is -1.61. The topological polar surface area (TPSA) is 29.9 Å². The first-order chi connectivity index (χ1) is 8.35. The fraction of sp³-hybridized carbons (Fsp3) is 0.357. The van der Waals surface area contributed by atoms with E-state index in [2.05, 4.69) is 48.5 Å². The van der Waals surface area contributed by atoms with Crippen LogP contribution in [0.1, 0.15) is 31.9 Å². The molecule has 0 saturated heterocycles. The second-order valence-corrected chi connectivity index (χ2v) is 4.06. The van der Waals surface area contributed by atoms with Crippen molar-refractivity contribution in [2.24, 2.45) is 0 Å². The summed E-state index contributed by atoms with van der Waals surface area (Å²) in [5, 5.41) is 7.75. The minimum absolute atomic E-state index is 0.426. The van der Waals surface area contributed by atoms with Gasteiger partial charge in [-0.15, -0.1) is 0 Å². The van der Waals surface area contributed by atoms with Gasteiger partial charge in [-0.1, -0.05) is 26.0 Å². The average molecular weight is 229 g/mol. The lowest BCUT2D eigenvalue weighted by Gasteiger charge is -2.17. The first-order valence-corrected chi connectivity index (χ1v) is 6.18. The van der Waals surface area contributed by atoms with Crippen LogP contribution < -0.4 is 5.32 Å². The Balaban J connectivity index is 2.27. The standard InChI is InChI=1S/C14H19N3/c1-3-14(15-4-2)12-7-5-8-13(11-12)17-10-6-9-16-17/h5-11,14-15H,3-4H2,1-2H3. The fourth-order valence-electron chi connectivity index (χ4n) is 2.05. The highest BCUT2D eigenvalue weighted by molar-refractivity contribution is 5.36. The fourth-order valence-corrected chi connectivity index (χ4v) is 2.05. The second-order valence-electron chi connectivity index (χ2n) is 4.06. The summed E-state index contributed by atoms with van der Waals surface area (Å²) < 4.78 is 1.89. The number of benzene rings is 1. The molecule has 1 heterocycles. The van der Waals surface area contributed by atoms with Gasteiger partial charge in [-0.25, -0.2) is 4.68 Å². The van der Waals surface area contributed by atoms with Crippen LogP contribution in [0.25, 0.3) is 5.69 Å². The third-order valence-electron chi connectivity index (χ3n) is 2.90. The van der Waals surface area contributed by atoms with E-state index in [-0.39, 0.29) is 0 Å². The third-order valence-corrected chi connectivity index (χ3v) is 2.90. The zero-order valence-corrected chi connectivity index (χ0v) is 10.4. The molecular formula is C14H19N3. The van der Waals surface area contributed by atoms with Crippen molar-refractivity contribution >= 4 is 0 Å². The Kier molecular flexibility index (Phi) is 3.94. The summed E-state index contributed by atoms with van der Waals surface area (Å²) in [6, 6.07) is 10.9. The maximum absolute atomic E-state index is 4.26. The Bertz CT molecular complexity index is 448. The number of rotatable bonds is 5. The van der Waals surface area contributed by atoms with Gasteiger partial charge in [0.15, 0.2) is 0 Å². The number of hydrogen-bond donors (Lipinski definition) is 1. The third kappa shape index (κ3) is 2.74. The summed E-state index contributed by atoms with van der Waals surface area (Å²) in [7, 11) is 0. The van der Waals surface area contributed by atoms with Gasteiger partial charge in [-0.05, 0) is 36.7 Å². The van der Waals surface area contributed by atoms with Crippen LogP contribution in [-0.2, 0) is 0 Å². The molecule has 2 rings (SSSR count). The maximum Gasteiger partial charge on any atom is 0.0648 e. The molecule has 3 nitrogen and oxygen atoms in total. The minimum atomic E-state index is 0.426. The molecule has 0 bridgehead atoms. The largest absolute Gasteiger partial charge is 0.310 e. The number of aromatic nitrogens is 2. The Morgan fingerprint density at radius 3 is 2.82 bits per heavy atom. The molecule has 1 aromatic carbocycles. The van der Waals surface area contributed by atoms with Crippen molar-refractivity contribution in [3.8, 4) is 5.69 Å². The molecule has 1 N–H and O–H groups in total. The molecule has 0 aliphatic carbocycles. The van der Waals surface area contributed by atoms with E-state index in [1.165, 1.54) is 5.56 Å². The molecule has 0 spiro atoms. The number of nitrogens with zero attached hydrogens (tertiary/aromatic N) is 2. The lowest BCUT2D eigenvalue weighted by Crippen LogP contribution is -2.20. The molecular weight excluding hydrogens is 210 g/mol. The Labute approximate surface area is 102 Å². The zero-order valence-electron chi connectivity index (χ0n) is 10.4. The van der Waals surface area contributed by atoms with E-state index in [0.717, 1.165) is 18.7 Å². The molecule has 90 valence electrons. The van der Waals surface area contributed by atoms with Crippen molar-refractivity contribution in [2.75, 3.05) is 6.54 Å². The highest BCUT2D eigenvalue weighted by Crippen LogP contribution is 2.19. The maximum atomic E-state index is 4.26. The van der Waals surface area contributed by atoms with E-state index in [1.807, 2.05) is 16.9 Å². The predicted molar refractivity (Wildman–Crippen MR) is 70.3 cm³/mol. The molecule has 0 fully saturated rings. The SMILES string of the molecule is CCNC(CC)c1cccc(-n2cccn2)c1. The second kappa shape index (κ2) is 5.64. The van der Waals surface area contributed by atoms with Crippen molar-refractivity contribution in [2.45, 2.75) is 26.3 Å². The van der Waals surface area contributed by atoms with Crippen LogP contribution in [0.5, 0.6) is 0 Å². The van der Waals surface area contributed by atoms with Gasteiger partial charge in [-0.2, -0.15) is 5.10 Å². The first kappa shape index (κ1) is 11.9. The van der Waals surface area contributed by atoms with E-state index in [9.17, 15) is 0 Å². The molecule has 2 aromatic rings. The number of nitrogens with one attached hydrogen (secondary N) is 1. The van der Waals surface area contributed by atoms with E-state index < -0.39 is 0 Å². The van der Waals surface area contributed by atoms with Gasteiger partial charge in [0.25, 0.3) is 0 Å². The minimum Gasteiger partial charge on any atom is -0.310 e. The van der Waals surface area contributed by atoms with Crippen LogP contribution in [0.4, 0.5) is 0 Å². The normalized spacial score (nSPS) is 12.6. The molecule has 1 atom stereocenters. The predicted octanol–water partition coefficient (Wildman–Crippen LogP) is 2.93. The van der Waals surface area contributed by atoms with Crippen molar-refractivity contribution in [3.63, 3.8) is 0 Å². The molecule has 0 radical (unpaired) electrons. The van der Waals surface area contributed by atoms with Gasteiger partial charge in [0, 0.05) is 18.4 Å². The van der Waals surface area contributed by atoms with Crippen LogP contribution >= 0.6 is 0 Å². The van der Waals surface area contributed by atoms with E-state index in [4.69, 9.17) is 0 Å². The highest BCUT2D eigenvalue weighted by atomic mass is 15.3. The molecule has 0 aliphatic rings. The summed E-state index contributed by atoms with van der Waals surface area (Å²) in [6.07, 6.45) is 4.86. The van der Waals surface area contributed by atoms with Crippen molar-refractivity contribution in [1.29, 1.82) is 0 Å². The van der Waals surface area contributed by atoms with Gasteiger partial charge in [0.1, 0.15) is 0 Å². The first-order valence-electron chi connectivity index (χ1n) is 6.18. The zero-order chi connectivity index (χ0) is 12.1. The van der Waals surface area contributed by atoms with E-state index in [0.29, 0.717) is 6.04 Å². The average Bonchev–Trinajstić information content (AvgIpc) is 2.90. The van der Waals surface area contributed by atoms with Crippen molar-refractivity contribution in [1.82, 2.24) is 15.1 Å². The van der Waals surface area contributed by atoms with Gasteiger partial charge in [0.05, 0.1) is 5.69 Å². The summed E-state index contributed by atoms with van der Waals surface area (Å²) in [5.74, 6) is 0. The monoisotopic (exact) mass is 229 g/mol. The molecule has 1 unspecified atom stereocenters. The van der Waals surface area contributed by atoms with Crippen molar-refractivity contribution < 1.29 is 0 Å². The lowest BCUT2D eigenvalue weighted by molar-refractivity contribution is 0.537. The number of hydrogen-bond acceptors (Lipinski definition) is 2. The van der Waals surface area contributed by atoms with Gasteiger partial charge >= 0.3 is 0 Å². The van der Waals surface area contributed by atoms with E-state index >= 15 is 0 Å². The summed E-state index contributed by atoms with van der Waals surface area (Å²) in [5.41, 5.74) is 2.44. The molecule has 17 heavy (non-hydrogen) atoms. The quantitative estimate of drug-likeness (QED) is 0.854. The van der Waals surface area contributed by atoms with Crippen LogP contribution in [0.15, 0.2) is 42.7 Å². The van der Waals surface area contributed by atoms with Gasteiger partial charge < -0.3 is 5.32 Å². The van der Waals surface area contributed by atoms with Crippen LogP contribution in [0.3, 0.4) is 0 Å². The van der Waals surface area contributed by atoms with Crippen LogP contribution in [0, 0.1) is 0 Å². The van der Waals surface area contributed by atoms with E-state index in [1.54, 1.807) is 6.20 Å². The molecule has 3 heteroatoms. The molecule has 0 amide bonds. The highest BCUT2D eigenvalue weighted by Gasteiger charge is 2.08. The molecule has 1 aromatic heterocycles. The Morgan fingerprint density at radius 1 is 1.29 bits per heavy atom. The molecule has 0 saturated carbocycles. The molecule has 0 aliphatic heterocycles.